The van der Waals surface area contributed by atoms with E-state index in [1.807, 2.05) is 6.92 Å². The number of nitrogens with zero attached hydrogens (tertiary/aromatic N) is 1. The lowest BCUT2D eigenvalue weighted by Crippen LogP contribution is -2.58. The zero-order valence-electron chi connectivity index (χ0n) is 12.4. The molecule has 7 heteroatoms. The molecule has 1 aromatic carbocycles. The fourth-order valence-corrected chi connectivity index (χ4v) is 3.82. The Bertz CT molecular complexity index is 541. The molecule has 0 aliphatic carbocycles. The molecule has 0 saturated carbocycles. The van der Waals surface area contributed by atoms with Crippen molar-refractivity contribution in [2.45, 2.75) is 17.9 Å². The number of sulfonamides is 1. The van der Waals surface area contributed by atoms with Crippen molar-refractivity contribution in [1.82, 2.24) is 9.62 Å². The van der Waals surface area contributed by atoms with E-state index in [0.717, 1.165) is 0 Å². The average molecular weight is 314 g/mol. The van der Waals surface area contributed by atoms with Gasteiger partial charge in [0.2, 0.25) is 10.0 Å². The highest BCUT2D eigenvalue weighted by molar-refractivity contribution is 7.89. The van der Waals surface area contributed by atoms with Gasteiger partial charge in [0.1, 0.15) is 12.4 Å². The summed E-state index contributed by atoms with van der Waals surface area (Å²) < 4.78 is 37.1. The van der Waals surface area contributed by atoms with Crippen LogP contribution in [0.5, 0.6) is 5.75 Å². The second-order valence-electron chi connectivity index (χ2n) is 4.83. The predicted molar refractivity (Wildman–Crippen MR) is 80.0 cm³/mol. The Balaban J connectivity index is 2.08. The fraction of sp³-hybridized carbons (Fsp3) is 0.571. The molecule has 1 aromatic rings. The van der Waals surface area contributed by atoms with Crippen LogP contribution in [0.3, 0.4) is 0 Å². The first-order valence-corrected chi connectivity index (χ1v) is 8.48. The molecule has 0 aromatic heterocycles. The molecule has 118 valence electrons. The summed E-state index contributed by atoms with van der Waals surface area (Å²) in [7, 11) is -1.84. The molecule has 1 aliphatic rings. The van der Waals surface area contributed by atoms with Crippen molar-refractivity contribution in [3.8, 4) is 5.75 Å². The Morgan fingerprint density at radius 2 is 1.90 bits per heavy atom. The maximum atomic E-state index is 12.6. The highest BCUT2D eigenvalue weighted by Gasteiger charge is 2.33. The van der Waals surface area contributed by atoms with Gasteiger partial charge in [-0.15, -0.1) is 0 Å². The zero-order chi connectivity index (χ0) is 15.3. The van der Waals surface area contributed by atoms with E-state index in [2.05, 4.69) is 5.32 Å². The van der Waals surface area contributed by atoms with E-state index in [0.29, 0.717) is 43.5 Å². The minimum atomic E-state index is -3.44. The van der Waals surface area contributed by atoms with Crippen molar-refractivity contribution in [2.75, 3.05) is 40.0 Å². The lowest BCUT2D eigenvalue weighted by molar-refractivity contribution is 0.146. The smallest absolute Gasteiger partial charge is 0.243 e. The van der Waals surface area contributed by atoms with E-state index in [9.17, 15) is 8.42 Å². The van der Waals surface area contributed by atoms with Gasteiger partial charge in [-0.25, -0.2) is 8.42 Å². The minimum Gasteiger partial charge on any atom is -0.491 e. The average Bonchev–Trinajstić information content (AvgIpc) is 2.43. The highest BCUT2D eigenvalue weighted by atomic mass is 32.2. The zero-order valence-corrected chi connectivity index (χ0v) is 13.2. The molecule has 1 fully saturated rings. The lowest BCUT2D eigenvalue weighted by atomic mass is 10.2. The van der Waals surface area contributed by atoms with Gasteiger partial charge in [0.15, 0.2) is 0 Å². The molecule has 2 rings (SSSR count). The quantitative estimate of drug-likeness (QED) is 0.715. The summed E-state index contributed by atoms with van der Waals surface area (Å²) in [6.45, 7) is 4.70. The number of hydrogen-bond donors (Lipinski definition) is 1. The number of benzene rings is 1. The largest absolute Gasteiger partial charge is 0.491 e. The molecule has 0 unspecified atom stereocenters. The minimum absolute atomic E-state index is 0.0534. The van der Waals surface area contributed by atoms with Crippen LogP contribution < -0.4 is 10.1 Å². The molecule has 1 saturated heterocycles. The highest BCUT2D eigenvalue weighted by Crippen LogP contribution is 2.22. The molecule has 0 spiro atoms. The predicted octanol–water partition coefficient (Wildman–Crippen LogP) is 0.694. The summed E-state index contributed by atoms with van der Waals surface area (Å²) in [5, 5.41) is 3.10. The molecule has 21 heavy (non-hydrogen) atoms. The number of likely N-dealkylation sites (N-methyl/N-ethyl adjacent to an activating group) is 1. The van der Waals surface area contributed by atoms with Gasteiger partial charge in [-0.2, -0.15) is 4.31 Å². The van der Waals surface area contributed by atoms with Gasteiger partial charge in [-0.3, -0.25) is 0 Å². The van der Waals surface area contributed by atoms with E-state index in [-0.39, 0.29) is 6.04 Å². The first-order valence-electron chi connectivity index (χ1n) is 7.04. The van der Waals surface area contributed by atoms with Crippen molar-refractivity contribution in [3.05, 3.63) is 24.3 Å². The molecular weight excluding hydrogens is 292 g/mol. The second kappa shape index (κ2) is 7.22. The van der Waals surface area contributed by atoms with Crippen molar-refractivity contribution < 1.29 is 17.9 Å². The Kier molecular flexibility index (Phi) is 5.58. The topological polar surface area (TPSA) is 67.9 Å². The Labute approximate surface area is 126 Å². The van der Waals surface area contributed by atoms with Crippen LogP contribution in [0.1, 0.15) is 6.92 Å². The number of rotatable bonds is 8. The maximum absolute atomic E-state index is 12.6. The van der Waals surface area contributed by atoms with E-state index in [1.54, 1.807) is 35.7 Å². The van der Waals surface area contributed by atoms with Crippen molar-refractivity contribution in [3.63, 3.8) is 0 Å². The van der Waals surface area contributed by atoms with Crippen LogP contribution in [-0.4, -0.2) is 58.7 Å². The standard InChI is InChI=1S/C14H22N2O4S/c1-3-16(12-10-15-11-12)21(17,18)14-6-4-13(5-7-14)20-9-8-19-2/h4-7,12,15H,3,8-11H2,1-2H3. The van der Waals surface area contributed by atoms with Crippen molar-refractivity contribution in [1.29, 1.82) is 0 Å². The molecule has 0 radical (unpaired) electrons. The molecule has 1 heterocycles. The fourth-order valence-electron chi connectivity index (χ4n) is 2.19. The van der Waals surface area contributed by atoms with Gasteiger partial charge < -0.3 is 14.8 Å². The maximum Gasteiger partial charge on any atom is 0.243 e. The normalized spacial score (nSPS) is 16.0. The van der Waals surface area contributed by atoms with Gasteiger partial charge in [-0.1, -0.05) is 6.92 Å². The van der Waals surface area contributed by atoms with Crippen LogP contribution in [0.15, 0.2) is 29.2 Å². The summed E-state index contributed by atoms with van der Waals surface area (Å²) in [6.07, 6.45) is 0. The van der Waals surface area contributed by atoms with Gasteiger partial charge in [0, 0.05) is 32.8 Å². The van der Waals surface area contributed by atoms with Crippen LogP contribution in [0.25, 0.3) is 0 Å². The van der Waals surface area contributed by atoms with Crippen molar-refractivity contribution >= 4 is 10.0 Å². The van der Waals surface area contributed by atoms with Gasteiger partial charge in [-0.05, 0) is 24.3 Å². The van der Waals surface area contributed by atoms with Crippen LogP contribution in [-0.2, 0) is 14.8 Å². The Morgan fingerprint density at radius 1 is 1.24 bits per heavy atom. The van der Waals surface area contributed by atoms with E-state index < -0.39 is 10.0 Å². The SMILES string of the molecule is CCN(C1CNC1)S(=O)(=O)c1ccc(OCCOC)cc1. The summed E-state index contributed by atoms with van der Waals surface area (Å²) in [4.78, 5) is 0.301. The summed E-state index contributed by atoms with van der Waals surface area (Å²) in [5.41, 5.74) is 0. The van der Waals surface area contributed by atoms with Crippen LogP contribution in [0, 0.1) is 0 Å². The third-order valence-electron chi connectivity index (χ3n) is 3.47. The third kappa shape index (κ3) is 3.74. The molecular formula is C14H22N2O4S. The van der Waals surface area contributed by atoms with E-state index in [1.165, 1.54) is 0 Å². The summed E-state index contributed by atoms with van der Waals surface area (Å²) in [6, 6.07) is 6.58. The van der Waals surface area contributed by atoms with Crippen LogP contribution >= 0.6 is 0 Å². The van der Waals surface area contributed by atoms with Crippen LogP contribution in [0.2, 0.25) is 0 Å². The van der Waals surface area contributed by atoms with Gasteiger partial charge >= 0.3 is 0 Å². The first kappa shape index (κ1) is 16.2. The second-order valence-corrected chi connectivity index (χ2v) is 6.72. The van der Waals surface area contributed by atoms with E-state index in [4.69, 9.17) is 9.47 Å². The number of methoxy groups -OCH3 is 1. The molecule has 0 bridgehead atoms. The third-order valence-corrected chi connectivity index (χ3v) is 5.51. The number of hydrogen-bond acceptors (Lipinski definition) is 5. The van der Waals surface area contributed by atoms with Gasteiger partial charge in [0.25, 0.3) is 0 Å². The number of nitrogens with one attached hydrogen (secondary N) is 1. The van der Waals surface area contributed by atoms with E-state index >= 15 is 0 Å². The van der Waals surface area contributed by atoms with Gasteiger partial charge in [0.05, 0.1) is 11.5 Å². The monoisotopic (exact) mass is 314 g/mol. The molecule has 1 aliphatic heterocycles. The Morgan fingerprint density at radius 3 is 2.38 bits per heavy atom. The first-order chi connectivity index (χ1) is 10.1. The summed E-state index contributed by atoms with van der Waals surface area (Å²) >= 11 is 0. The molecule has 1 N–H and O–H groups in total. The summed E-state index contributed by atoms with van der Waals surface area (Å²) in [5.74, 6) is 0.638. The molecule has 6 nitrogen and oxygen atoms in total. The molecule has 0 amide bonds. The van der Waals surface area contributed by atoms with Crippen LogP contribution in [0.4, 0.5) is 0 Å². The molecule has 0 atom stereocenters. The lowest BCUT2D eigenvalue weighted by Gasteiger charge is -2.36. The Hall–Kier alpha value is -1.15. The number of ether oxygens (including phenoxy) is 2. The van der Waals surface area contributed by atoms with Crippen molar-refractivity contribution in [2.24, 2.45) is 0 Å².